The summed E-state index contributed by atoms with van der Waals surface area (Å²) in [5, 5.41) is 12.4. The van der Waals surface area contributed by atoms with Gasteiger partial charge < -0.3 is 8.98 Å². The molecule has 0 saturated heterocycles. The molecule has 4 heterocycles. The fraction of sp³-hybridized carbons (Fsp3) is 0. The van der Waals surface area contributed by atoms with Crippen LogP contribution < -0.4 is 0 Å². The van der Waals surface area contributed by atoms with E-state index < -0.39 is 0 Å². The highest BCUT2D eigenvalue weighted by Gasteiger charge is 2.26. The van der Waals surface area contributed by atoms with Gasteiger partial charge in [-0.1, -0.05) is 140 Å². The molecule has 0 aliphatic heterocycles. The first-order chi connectivity index (χ1) is 28.3. The van der Waals surface area contributed by atoms with Crippen LogP contribution in [0, 0.1) is 0 Å². The Labute approximate surface area is 325 Å². The lowest BCUT2D eigenvalue weighted by Gasteiger charge is -2.15. The maximum absolute atomic E-state index is 6.81. The van der Waals surface area contributed by atoms with E-state index in [-0.39, 0.29) is 0 Å². The highest BCUT2D eigenvalue weighted by Crippen LogP contribution is 2.45. The molecule has 13 aromatic rings. The molecule has 0 radical (unpaired) electrons. The van der Waals surface area contributed by atoms with Gasteiger partial charge in [-0.2, -0.15) is 0 Å². The number of nitrogens with zero attached hydrogens (tertiary/aromatic N) is 4. The standard InChI is InChI=1S/C52H30N4O/c1-2-14-33(15-3-1)48-46-36-17-7-6-13-32(36)23-28-42(46)53-52(54-48)56-44-29-27-40-38-19-9-11-21-45(38)57-51(40)47(44)41-26-25-39-37-18-8-10-20-43(37)55(49(39)50(41)56)35-24-22-31-12-4-5-16-34(31)30-35/h1-30H. The zero-order valence-corrected chi connectivity index (χ0v) is 30.5. The zero-order chi connectivity index (χ0) is 37.2. The van der Waals surface area contributed by atoms with Gasteiger partial charge in [0.1, 0.15) is 11.2 Å². The Kier molecular flexibility index (Phi) is 6.10. The van der Waals surface area contributed by atoms with Crippen LogP contribution in [0.25, 0.3) is 121 Å². The number of hydrogen-bond donors (Lipinski definition) is 0. The van der Waals surface area contributed by atoms with E-state index in [1.807, 2.05) is 6.07 Å². The summed E-state index contributed by atoms with van der Waals surface area (Å²) in [6.45, 7) is 0. The Morgan fingerprint density at radius 3 is 1.98 bits per heavy atom. The first-order valence-corrected chi connectivity index (χ1v) is 19.3. The third kappa shape index (κ3) is 4.23. The van der Waals surface area contributed by atoms with Crippen molar-refractivity contribution in [2.45, 2.75) is 0 Å². The molecule has 0 amide bonds. The molecule has 0 bridgehead atoms. The van der Waals surface area contributed by atoms with Crippen molar-refractivity contribution in [1.29, 1.82) is 0 Å². The minimum atomic E-state index is 0.606. The van der Waals surface area contributed by atoms with E-state index in [1.165, 1.54) is 16.2 Å². The topological polar surface area (TPSA) is 48.8 Å². The van der Waals surface area contributed by atoms with E-state index in [1.54, 1.807) is 0 Å². The van der Waals surface area contributed by atoms with Crippen LogP contribution in [0.2, 0.25) is 0 Å². The Morgan fingerprint density at radius 2 is 1.09 bits per heavy atom. The fourth-order valence-electron chi connectivity index (χ4n) is 9.40. The van der Waals surface area contributed by atoms with Crippen molar-refractivity contribution < 1.29 is 4.42 Å². The maximum atomic E-state index is 6.81. The van der Waals surface area contributed by atoms with Gasteiger partial charge in [0.15, 0.2) is 0 Å². The van der Waals surface area contributed by atoms with Crippen LogP contribution in [-0.2, 0) is 0 Å². The first kappa shape index (κ1) is 30.6. The lowest BCUT2D eigenvalue weighted by atomic mass is 10.0. The minimum Gasteiger partial charge on any atom is -0.455 e. The van der Waals surface area contributed by atoms with E-state index in [0.717, 1.165) is 98.8 Å². The van der Waals surface area contributed by atoms with Crippen molar-refractivity contribution in [3.63, 3.8) is 0 Å². The molecular weight excluding hydrogens is 697 g/mol. The van der Waals surface area contributed by atoms with Crippen LogP contribution in [0.1, 0.15) is 0 Å². The Morgan fingerprint density at radius 1 is 0.404 bits per heavy atom. The van der Waals surface area contributed by atoms with Gasteiger partial charge in [0.2, 0.25) is 5.95 Å². The number of benzene rings is 9. The smallest absolute Gasteiger partial charge is 0.235 e. The van der Waals surface area contributed by atoms with Crippen LogP contribution in [-0.4, -0.2) is 19.1 Å². The summed E-state index contributed by atoms with van der Waals surface area (Å²) in [6.07, 6.45) is 0. The average Bonchev–Trinajstić information content (AvgIpc) is 3.94. The molecule has 0 N–H and O–H groups in total. The SMILES string of the molecule is c1ccc(-c2nc(-n3c4ccc5c6ccccc6oc5c4c4ccc5c6ccccc6n(-c6ccc7ccccc7c6)c5c43)nc3ccc4ccccc4c23)cc1. The second-order valence-electron chi connectivity index (χ2n) is 14.9. The number of furan rings is 1. The van der Waals surface area contributed by atoms with Gasteiger partial charge in [0.25, 0.3) is 0 Å². The van der Waals surface area contributed by atoms with E-state index in [9.17, 15) is 0 Å². The summed E-state index contributed by atoms with van der Waals surface area (Å²) in [6, 6.07) is 64.7. The molecule has 4 aromatic heterocycles. The van der Waals surface area contributed by atoms with Gasteiger partial charge in [0, 0.05) is 43.6 Å². The van der Waals surface area contributed by atoms with Crippen molar-refractivity contribution in [1.82, 2.24) is 19.1 Å². The second kappa shape index (κ2) is 11.4. The Hall–Kier alpha value is -7.76. The molecule has 57 heavy (non-hydrogen) atoms. The predicted molar refractivity (Wildman–Crippen MR) is 236 cm³/mol. The molecular formula is C52H30N4O. The molecule has 264 valence electrons. The fourth-order valence-corrected chi connectivity index (χ4v) is 9.40. The van der Waals surface area contributed by atoms with Crippen molar-refractivity contribution >= 4 is 98.0 Å². The van der Waals surface area contributed by atoms with Crippen LogP contribution in [0.5, 0.6) is 0 Å². The summed E-state index contributed by atoms with van der Waals surface area (Å²) >= 11 is 0. The third-order valence-electron chi connectivity index (χ3n) is 11.9. The quantitative estimate of drug-likeness (QED) is 0.170. The van der Waals surface area contributed by atoms with Gasteiger partial charge in [0.05, 0.1) is 38.7 Å². The van der Waals surface area contributed by atoms with Gasteiger partial charge >= 0.3 is 0 Å². The van der Waals surface area contributed by atoms with Crippen molar-refractivity contribution in [3.8, 4) is 22.9 Å². The molecule has 0 atom stereocenters. The number of rotatable bonds is 3. The molecule has 0 spiro atoms. The first-order valence-electron chi connectivity index (χ1n) is 19.3. The summed E-state index contributed by atoms with van der Waals surface area (Å²) in [7, 11) is 0. The monoisotopic (exact) mass is 726 g/mol. The predicted octanol–water partition coefficient (Wildman–Crippen LogP) is 13.7. The Balaban J connectivity index is 1.26. The largest absolute Gasteiger partial charge is 0.455 e. The molecule has 0 fully saturated rings. The third-order valence-corrected chi connectivity index (χ3v) is 11.9. The van der Waals surface area contributed by atoms with E-state index in [2.05, 4.69) is 185 Å². The average molecular weight is 727 g/mol. The minimum absolute atomic E-state index is 0.606. The molecule has 0 saturated carbocycles. The van der Waals surface area contributed by atoms with Crippen LogP contribution in [0.15, 0.2) is 186 Å². The highest BCUT2D eigenvalue weighted by atomic mass is 16.3. The second-order valence-corrected chi connectivity index (χ2v) is 14.9. The molecule has 0 aliphatic rings. The zero-order valence-electron chi connectivity index (χ0n) is 30.5. The lowest BCUT2D eigenvalue weighted by molar-refractivity contribution is 0.673. The van der Waals surface area contributed by atoms with Crippen molar-refractivity contribution in [2.24, 2.45) is 0 Å². The van der Waals surface area contributed by atoms with E-state index >= 15 is 0 Å². The van der Waals surface area contributed by atoms with Gasteiger partial charge in [-0.25, -0.2) is 9.97 Å². The highest BCUT2D eigenvalue weighted by molar-refractivity contribution is 6.29. The van der Waals surface area contributed by atoms with Gasteiger partial charge in [-0.3, -0.25) is 4.57 Å². The molecule has 5 nitrogen and oxygen atoms in total. The summed E-state index contributed by atoms with van der Waals surface area (Å²) in [5.41, 5.74) is 9.89. The molecule has 5 heteroatoms. The van der Waals surface area contributed by atoms with Crippen LogP contribution in [0.3, 0.4) is 0 Å². The van der Waals surface area contributed by atoms with Crippen molar-refractivity contribution in [2.75, 3.05) is 0 Å². The number of hydrogen-bond acceptors (Lipinski definition) is 3. The number of aromatic nitrogens is 4. The molecule has 13 rings (SSSR count). The molecule has 9 aromatic carbocycles. The summed E-state index contributed by atoms with van der Waals surface area (Å²) in [4.78, 5) is 11.1. The lowest BCUT2D eigenvalue weighted by Crippen LogP contribution is -2.05. The van der Waals surface area contributed by atoms with Gasteiger partial charge in [-0.15, -0.1) is 0 Å². The van der Waals surface area contributed by atoms with Crippen LogP contribution in [0.4, 0.5) is 0 Å². The molecule has 0 aliphatic carbocycles. The van der Waals surface area contributed by atoms with Crippen LogP contribution >= 0.6 is 0 Å². The van der Waals surface area contributed by atoms with E-state index in [0.29, 0.717) is 5.95 Å². The number of fused-ring (bicyclic) bond motifs is 15. The van der Waals surface area contributed by atoms with E-state index in [4.69, 9.17) is 14.4 Å². The maximum Gasteiger partial charge on any atom is 0.235 e. The van der Waals surface area contributed by atoms with Gasteiger partial charge in [-0.05, 0) is 64.0 Å². The summed E-state index contributed by atoms with van der Waals surface area (Å²) in [5.74, 6) is 0.606. The summed E-state index contributed by atoms with van der Waals surface area (Å²) < 4.78 is 11.5. The number of para-hydroxylation sites is 2. The normalized spacial score (nSPS) is 12.2. The van der Waals surface area contributed by atoms with Crippen molar-refractivity contribution in [3.05, 3.63) is 182 Å². The Bertz CT molecular complexity index is 3810. The molecule has 0 unspecified atom stereocenters.